The molecular weight excluding hydrogens is 352 g/mol. The van der Waals surface area contributed by atoms with Crippen molar-refractivity contribution in [2.24, 2.45) is 0 Å². The van der Waals surface area contributed by atoms with Crippen molar-refractivity contribution >= 4 is 5.91 Å². The normalized spacial score (nSPS) is 20.8. The SMILES string of the molecule is Cc1ccc(C(CNC(=O)C2(c3ccccc3)CCOCC2)N2CCCC2)o1. The van der Waals surface area contributed by atoms with E-state index in [2.05, 4.69) is 22.3 Å². The first-order valence-corrected chi connectivity index (χ1v) is 10.4. The first-order valence-electron chi connectivity index (χ1n) is 10.4. The third-order valence-corrected chi connectivity index (χ3v) is 6.23. The lowest BCUT2D eigenvalue weighted by Gasteiger charge is -2.37. The van der Waals surface area contributed by atoms with E-state index in [4.69, 9.17) is 9.15 Å². The molecule has 2 aromatic rings. The number of hydrogen-bond donors (Lipinski definition) is 1. The van der Waals surface area contributed by atoms with Gasteiger partial charge in [-0.1, -0.05) is 30.3 Å². The number of carbonyl (C=O) groups is 1. The van der Waals surface area contributed by atoms with Crippen molar-refractivity contribution in [3.63, 3.8) is 0 Å². The average Bonchev–Trinajstić information content (AvgIpc) is 3.42. The highest BCUT2D eigenvalue weighted by molar-refractivity contribution is 5.88. The summed E-state index contributed by atoms with van der Waals surface area (Å²) in [6, 6.07) is 14.3. The number of benzene rings is 1. The van der Waals surface area contributed by atoms with Gasteiger partial charge in [0, 0.05) is 19.8 Å². The molecule has 0 spiro atoms. The highest BCUT2D eigenvalue weighted by Gasteiger charge is 2.42. The summed E-state index contributed by atoms with van der Waals surface area (Å²) in [6.45, 7) is 5.89. The molecule has 3 heterocycles. The Morgan fingerprint density at radius 1 is 1.11 bits per heavy atom. The molecule has 150 valence electrons. The molecule has 0 aliphatic carbocycles. The van der Waals surface area contributed by atoms with Gasteiger partial charge in [0.15, 0.2) is 0 Å². The Labute approximate surface area is 167 Å². The quantitative estimate of drug-likeness (QED) is 0.830. The lowest BCUT2D eigenvalue weighted by Crippen LogP contribution is -2.49. The van der Waals surface area contributed by atoms with Gasteiger partial charge in [-0.25, -0.2) is 0 Å². The summed E-state index contributed by atoms with van der Waals surface area (Å²) in [5.74, 6) is 1.96. The average molecular weight is 383 g/mol. The minimum absolute atomic E-state index is 0.0906. The van der Waals surface area contributed by atoms with Crippen LogP contribution in [0.15, 0.2) is 46.9 Å². The van der Waals surface area contributed by atoms with Crippen molar-refractivity contribution in [3.8, 4) is 0 Å². The minimum atomic E-state index is -0.506. The molecule has 1 N–H and O–H groups in total. The van der Waals surface area contributed by atoms with Crippen LogP contribution >= 0.6 is 0 Å². The van der Waals surface area contributed by atoms with Gasteiger partial charge in [0.25, 0.3) is 0 Å². The van der Waals surface area contributed by atoms with E-state index in [1.807, 2.05) is 37.3 Å². The summed E-state index contributed by atoms with van der Waals surface area (Å²) in [4.78, 5) is 15.9. The van der Waals surface area contributed by atoms with Crippen LogP contribution in [-0.4, -0.2) is 43.7 Å². The number of rotatable bonds is 6. The molecule has 0 radical (unpaired) electrons. The number of carbonyl (C=O) groups excluding carboxylic acids is 1. The molecule has 4 rings (SSSR count). The van der Waals surface area contributed by atoms with Crippen LogP contribution in [0.25, 0.3) is 0 Å². The van der Waals surface area contributed by atoms with Crippen molar-refractivity contribution in [2.75, 3.05) is 32.8 Å². The molecule has 5 heteroatoms. The number of amides is 1. The van der Waals surface area contributed by atoms with E-state index in [1.54, 1.807) is 0 Å². The molecule has 0 bridgehead atoms. The summed E-state index contributed by atoms with van der Waals surface area (Å²) < 4.78 is 11.5. The van der Waals surface area contributed by atoms with Crippen molar-refractivity contribution in [3.05, 3.63) is 59.5 Å². The van der Waals surface area contributed by atoms with Crippen LogP contribution in [0.3, 0.4) is 0 Å². The third kappa shape index (κ3) is 3.87. The topological polar surface area (TPSA) is 54.7 Å². The Balaban J connectivity index is 1.53. The van der Waals surface area contributed by atoms with E-state index in [0.717, 1.165) is 43.0 Å². The van der Waals surface area contributed by atoms with Gasteiger partial charge in [-0.15, -0.1) is 0 Å². The maximum Gasteiger partial charge on any atom is 0.230 e. The largest absolute Gasteiger partial charge is 0.465 e. The molecule has 1 atom stereocenters. The van der Waals surface area contributed by atoms with Gasteiger partial charge in [0.05, 0.1) is 11.5 Å². The number of nitrogens with one attached hydrogen (secondary N) is 1. The number of furan rings is 1. The van der Waals surface area contributed by atoms with Crippen LogP contribution in [0, 0.1) is 6.92 Å². The Morgan fingerprint density at radius 3 is 2.46 bits per heavy atom. The van der Waals surface area contributed by atoms with Crippen molar-refractivity contribution in [2.45, 2.75) is 44.1 Å². The summed E-state index contributed by atoms with van der Waals surface area (Å²) in [7, 11) is 0. The summed E-state index contributed by atoms with van der Waals surface area (Å²) >= 11 is 0. The first kappa shape index (κ1) is 19.2. The number of hydrogen-bond acceptors (Lipinski definition) is 4. The van der Waals surface area contributed by atoms with Crippen molar-refractivity contribution < 1.29 is 13.9 Å². The number of ether oxygens (including phenoxy) is 1. The summed E-state index contributed by atoms with van der Waals surface area (Å²) in [5, 5.41) is 3.28. The van der Waals surface area contributed by atoms with Gasteiger partial charge in [0.1, 0.15) is 11.5 Å². The lowest BCUT2D eigenvalue weighted by atomic mass is 9.73. The smallest absolute Gasteiger partial charge is 0.230 e. The maximum absolute atomic E-state index is 13.5. The van der Waals surface area contributed by atoms with Crippen LogP contribution in [0.1, 0.15) is 48.8 Å². The fourth-order valence-corrected chi connectivity index (χ4v) is 4.58. The van der Waals surface area contributed by atoms with Crippen molar-refractivity contribution in [1.29, 1.82) is 0 Å². The fraction of sp³-hybridized carbons (Fsp3) is 0.522. The molecule has 2 saturated heterocycles. The Kier molecular flexibility index (Phi) is 5.83. The van der Waals surface area contributed by atoms with Gasteiger partial charge in [0.2, 0.25) is 5.91 Å². The molecule has 1 aromatic carbocycles. The maximum atomic E-state index is 13.5. The van der Waals surface area contributed by atoms with E-state index >= 15 is 0 Å². The zero-order chi connectivity index (χ0) is 19.4. The Hall–Kier alpha value is -2.11. The predicted octanol–water partition coefficient (Wildman–Crippen LogP) is 3.59. The molecular formula is C23H30N2O3. The zero-order valence-electron chi connectivity index (χ0n) is 16.7. The number of nitrogens with zero attached hydrogens (tertiary/aromatic N) is 1. The van der Waals surface area contributed by atoms with Gasteiger partial charge in [-0.3, -0.25) is 9.69 Å². The molecule has 2 aliphatic heterocycles. The standard InChI is InChI=1S/C23H30N2O3/c1-18-9-10-21(28-18)20(25-13-5-6-14-25)17-24-22(26)23(11-15-27-16-12-23)19-7-3-2-4-8-19/h2-4,7-10,20H,5-6,11-17H2,1H3,(H,24,26). The Morgan fingerprint density at radius 2 is 1.82 bits per heavy atom. The summed E-state index contributed by atoms with van der Waals surface area (Å²) in [6.07, 6.45) is 3.85. The molecule has 2 fully saturated rings. The second-order valence-electron chi connectivity index (χ2n) is 7.98. The van der Waals surface area contributed by atoms with Crippen LogP contribution in [0.2, 0.25) is 0 Å². The second-order valence-corrected chi connectivity index (χ2v) is 7.98. The predicted molar refractivity (Wildman–Crippen MR) is 108 cm³/mol. The molecule has 5 nitrogen and oxygen atoms in total. The minimum Gasteiger partial charge on any atom is -0.465 e. The highest BCUT2D eigenvalue weighted by Crippen LogP contribution is 2.35. The lowest BCUT2D eigenvalue weighted by molar-refractivity contribution is -0.130. The van der Waals surface area contributed by atoms with Crippen LogP contribution in [-0.2, 0) is 14.9 Å². The van der Waals surface area contributed by atoms with Gasteiger partial charge < -0.3 is 14.5 Å². The van der Waals surface area contributed by atoms with Crippen LogP contribution in [0.5, 0.6) is 0 Å². The van der Waals surface area contributed by atoms with Crippen LogP contribution < -0.4 is 5.32 Å². The Bertz CT molecular complexity index is 774. The second kappa shape index (κ2) is 8.50. The van der Waals surface area contributed by atoms with Gasteiger partial charge in [-0.05, 0) is 63.4 Å². The molecule has 2 aliphatic rings. The van der Waals surface area contributed by atoms with E-state index < -0.39 is 5.41 Å². The van der Waals surface area contributed by atoms with Crippen molar-refractivity contribution in [1.82, 2.24) is 10.2 Å². The number of likely N-dealkylation sites (tertiary alicyclic amines) is 1. The van der Waals surface area contributed by atoms with E-state index in [-0.39, 0.29) is 11.9 Å². The third-order valence-electron chi connectivity index (χ3n) is 6.23. The molecule has 0 saturated carbocycles. The molecule has 1 aromatic heterocycles. The number of aryl methyl sites for hydroxylation is 1. The fourth-order valence-electron chi connectivity index (χ4n) is 4.58. The molecule has 1 unspecified atom stereocenters. The van der Waals surface area contributed by atoms with Gasteiger partial charge in [-0.2, -0.15) is 0 Å². The zero-order valence-corrected chi connectivity index (χ0v) is 16.7. The highest BCUT2D eigenvalue weighted by atomic mass is 16.5. The summed E-state index contributed by atoms with van der Waals surface area (Å²) in [5.41, 5.74) is 0.580. The van der Waals surface area contributed by atoms with Gasteiger partial charge >= 0.3 is 0 Å². The molecule has 28 heavy (non-hydrogen) atoms. The monoisotopic (exact) mass is 382 g/mol. The van der Waals surface area contributed by atoms with E-state index in [9.17, 15) is 4.79 Å². The van der Waals surface area contributed by atoms with E-state index in [1.165, 1.54) is 12.8 Å². The van der Waals surface area contributed by atoms with E-state index in [0.29, 0.717) is 19.8 Å². The molecule has 1 amide bonds. The first-order chi connectivity index (χ1) is 13.7. The van der Waals surface area contributed by atoms with Crippen LogP contribution in [0.4, 0.5) is 0 Å².